The van der Waals surface area contributed by atoms with Crippen LogP contribution in [0.4, 0.5) is 9.59 Å². The van der Waals surface area contributed by atoms with E-state index in [4.69, 9.17) is 10.5 Å². The van der Waals surface area contributed by atoms with Crippen LogP contribution in [0.25, 0.3) is 0 Å². The molecule has 0 radical (unpaired) electrons. The van der Waals surface area contributed by atoms with Gasteiger partial charge in [-0.3, -0.25) is 0 Å². The highest BCUT2D eigenvalue weighted by atomic mass is 16.6. The summed E-state index contributed by atoms with van der Waals surface area (Å²) in [6, 6.07) is -0.0351. The normalized spacial score (nSPS) is 27.6. The maximum absolute atomic E-state index is 12.6. The Morgan fingerprint density at radius 3 is 2.76 bits per heavy atom. The van der Waals surface area contributed by atoms with Crippen LogP contribution in [-0.4, -0.2) is 60.2 Å². The minimum absolute atomic E-state index is 0.0351. The lowest BCUT2D eigenvalue weighted by Gasteiger charge is -2.34. The Balaban J connectivity index is 1.21. The van der Waals surface area contributed by atoms with Gasteiger partial charge in [-0.25, -0.2) is 9.59 Å². The molecule has 4 aliphatic rings. The topological polar surface area (TPSA) is 99.9 Å². The highest BCUT2D eigenvalue weighted by Crippen LogP contribution is 2.59. The minimum atomic E-state index is -0.460. The molecule has 4 N–H and O–H groups in total. The van der Waals surface area contributed by atoms with Gasteiger partial charge in [0.15, 0.2) is 0 Å². The Labute approximate surface area is 172 Å². The Bertz CT molecular complexity index is 746. The van der Waals surface area contributed by atoms with E-state index in [9.17, 15) is 9.59 Å². The van der Waals surface area contributed by atoms with Crippen molar-refractivity contribution in [2.75, 3.05) is 32.7 Å². The Morgan fingerprint density at radius 1 is 1.34 bits per heavy atom. The van der Waals surface area contributed by atoms with Crippen LogP contribution in [0.1, 0.15) is 40.0 Å². The number of carbonyl (C=O) groups is 2. The van der Waals surface area contributed by atoms with Crippen molar-refractivity contribution in [1.29, 1.82) is 0 Å². The lowest BCUT2D eigenvalue weighted by molar-refractivity contribution is 0.0165. The zero-order valence-electron chi connectivity index (χ0n) is 17.7. The van der Waals surface area contributed by atoms with E-state index in [1.165, 1.54) is 0 Å². The summed E-state index contributed by atoms with van der Waals surface area (Å²) in [5.41, 5.74) is 6.76. The van der Waals surface area contributed by atoms with Crippen LogP contribution in [0.15, 0.2) is 23.7 Å². The zero-order chi connectivity index (χ0) is 20.8. The first-order valence-corrected chi connectivity index (χ1v) is 10.6. The predicted octanol–water partition coefficient (Wildman–Crippen LogP) is 1.95. The number of rotatable bonds is 2. The summed E-state index contributed by atoms with van der Waals surface area (Å²) in [5.74, 6) is 1.48. The van der Waals surface area contributed by atoms with Gasteiger partial charge in [0.1, 0.15) is 5.60 Å². The highest BCUT2D eigenvalue weighted by Gasteiger charge is 2.55. The number of piperidine rings is 1. The van der Waals surface area contributed by atoms with E-state index in [2.05, 4.69) is 10.6 Å². The van der Waals surface area contributed by atoms with E-state index in [1.807, 2.05) is 37.9 Å². The average molecular weight is 404 g/mol. The number of ether oxygens (including phenoxy) is 1. The number of amides is 3. The number of carbonyl (C=O) groups excluding carboxylic acids is 2. The number of hydrogen-bond donors (Lipinski definition) is 3. The summed E-state index contributed by atoms with van der Waals surface area (Å²) in [4.78, 5) is 28.4. The molecule has 29 heavy (non-hydrogen) atoms. The van der Waals surface area contributed by atoms with E-state index in [0.29, 0.717) is 30.7 Å². The SMILES string of the molecule is CC(C)(C)OC(=O)N1CCC2(CC1)CC2CNC(=O)N1C=C2C=C(N)NCC2C1. The standard InChI is InChI=1S/C21H33N5O3/c1-20(2,3)29-19(28)25-6-4-21(5-7-25)9-16(21)11-24-18(27)26-12-14-8-17(22)23-10-15(14)13-26/h8,12,15-16,23H,4-7,9-11,13,22H2,1-3H3,(H,24,27). The average Bonchev–Trinajstić information content (AvgIpc) is 3.12. The number of allylic oxidation sites excluding steroid dienone is 1. The summed E-state index contributed by atoms with van der Waals surface area (Å²) >= 11 is 0. The van der Waals surface area contributed by atoms with Gasteiger partial charge in [0.05, 0.1) is 5.82 Å². The van der Waals surface area contributed by atoms with Crippen molar-refractivity contribution in [2.24, 2.45) is 23.0 Å². The quantitative estimate of drug-likeness (QED) is 0.654. The van der Waals surface area contributed by atoms with Crippen molar-refractivity contribution in [3.8, 4) is 0 Å². The van der Waals surface area contributed by atoms with E-state index < -0.39 is 5.60 Å². The molecule has 2 fully saturated rings. The van der Waals surface area contributed by atoms with Crippen LogP contribution in [0.5, 0.6) is 0 Å². The molecule has 1 saturated carbocycles. The Morgan fingerprint density at radius 2 is 2.07 bits per heavy atom. The molecule has 0 aromatic heterocycles. The molecule has 2 atom stereocenters. The summed E-state index contributed by atoms with van der Waals surface area (Å²) in [6.45, 7) is 9.32. The highest BCUT2D eigenvalue weighted by molar-refractivity contribution is 5.76. The maximum atomic E-state index is 12.6. The van der Waals surface area contributed by atoms with Gasteiger partial charge in [-0.1, -0.05) is 0 Å². The third-order valence-electron chi connectivity index (χ3n) is 6.60. The van der Waals surface area contributed by atoms with Crippen LogP contribution in [0.3, 0.4) is 0 Å². The van der Waals surface area contributed by atoms with Crippen LogP contribution in [0, 0.1) is 17.3 Å². The van der Waals surface area contributed by atoms with Gasteiger partial charge in [-0.15, -0.1) is 0 Å². The van der Waals surface area contributed by atoms with Crippen molar-refractivity contribution in [1.82, 2.24) is 20.4 Å². The number of fused-ring (bicyclic) bond motifs is 1. The van der Waals surface area contributed by atoms with Crippen LogP contribution < -0.4 is 16.4 Å². The first-order valence-electron chi connectivity index (χ1n) is 10.6. The summed E-state index contributed by atoms with van der Waals surface area (Å²) in [7, 11) is 0. The minimum Gasteiger partial charge on any atom is -0.444 e. The second kappa shape index (κ2) is 7.15. The van der Waals surface area contributed by atoms with E-state index in [0.717, 1.165) is 44.5 Å². The summed E-state index contributed by atoms with van der Waals surface area (Å²) in [5, 5.41) is 6.25. The van der Waals surface area contributed by atoms with Crippen molar-refractivity contribution in [2.45, 2.75) is 45.6 Å². The number of nitrogens with one attached hydrogen (secondary N) is 2. The molecular formula is C21H33N5O3. The maximum Gasteiger partial charge on any atom is 0.410 e. The van der Waals surface area contributed by atoms with Gasteiger partial charge in [0.2, 0.25) is 0 Å². The van der Waals surface area contributed by atoms with Gasteiger partial charge >= 0.3 is 12.1 Å². The molecule has 1 aliphatic carbocycles. The lowest BCUT2D eigenvalue weighted by atomic mass is 9.91. The molecular weight excluding hydrogens is 370 g/mol. The number of hydrogen-bond acceptors (Lipinski definition) is 5. The lowest BCUT2D eigenvalue weighted by Crippen LogP contribution is -2.43. The molecule has 4 rings (SSSR count). The largest absolute Gasteiger partial charge is 0.444 e. The predicted molar refractivity (Wildman–Crippen MR) is 110 cm³/mol. The van der Waals surface area contributed by atoms with Gasteiger partial charge in [-0.2, -0.15) is 0 Å². The fourth-order valence-corrected chi connectivity index (χ4v) is 4.74. The monoisotopic (exact) mass is 403 g/mol. The molecule has 3 heterocycles. The molecule has 3 aliphatic heterocycles. The second-order valence-corrected chi connectivity index (χ2v) is 9.88. The van der Waals surface area contributed by atoms with E-state index in [-0.39, 0.29) is 17.5 Å². The van der Waals surface area contributed by atoms with Crippen molar-refractivity contribution in [3.05, 3.63) is 23.7 Å². The van der Waals surface area contributed by atoms with Crippen molar-refractivity contribution in [3.63, 3.8) is 0 Å². The van der Waals surface area contributed by atoms with Crippen LogP contribution >= 0.6 is 0 Å². The van der Waals surface area contributed by atoms with E-state index in [1.54, 1.807) is 4.90 Å². The molecule has 8 heteroatoms. The molecule has 1 spiro atoms. The Kier molecular flexibility index (Phi) is 4.91. The molecule has 3 amide bonds. The number of likely N-dealkylation sites (tertiary alicyclic amines) is 1. The molecule has 8 nitrogen and oxygen atoms in total. The third-order valence-corrected chi connectivity index (χ3v) is 6.60. The number of nitrogens with two attached hydrogens (primary N) is 1. The smallest absolute Gasteiger partial charge is 0.410 e. The summed E-state index contributed by atoms with van der Waals surface area (Å²) in [6.07, 6.45) is 6.70. The van der Waals surface area contributed by atoms with Gasteiger partial charge in [0.25, 0.3) is 0 Å². The molecule has 1 saturated heterocycles. The molecule has 2 unspecified atom stereocenters. The molecule has 0 aromatic rings. The fraction of sp³-hybridized carbons (Fsp3) is 0.714. The fourth-order valence-electron chi connectivity index (χ4n) is 4.74. The van der Waals surface area contributed by atoms with Gasteiger partial charge < -0.3 is 30.9 Å². The molecule has 0 bridgehead atoms. The second-order valence-electron chi connectivity index (χ2n) is 9.88. The van der Waals surface area contributed by atoms with Gasteiger partial charge in [-0.05, 0) is 63.0 Å². The first-order chi connectivity index (χ1) is 13.7. The van der Waals surface area contributed by atoms with Crippen molar-refractivity contribution >= 4 is 12.1 Å². The first kappa shape index (κ1) is 19.9. The number of nitrogens with zero attached hydrogens (tertiary/aromatic N) is 2. The molecule has 160 valence electrons. The van der Waals surface area contributed by atoms with E-state index >= 15 is 0 Å². The third kappa shape index (κ3) is 4.31. The van der Waals surface area contributed by atoms with Crippen LogP contribution in [0.2, 0.25) is 0 Å². The Hall–Kier alpha value is -2.38. The summed E-state index contributed by atoms with van der Waals surface area (Å²) < 4.78 is 5.48. The van der Waals surface area contributed by atoms with Crippen LogP contribution in [-0.2, 0) is 4.74 Å². The number of urea groups is 1. The zero-order valence-corrected chi connectivity index (χ0v) is 17.7. The van der Waals surface area contributed by atoms with Crippen molar-refractivity contribution < 1.29 is 14.3 Å². The molecule has 0 aromatic carbocycles. The van der Waals surface area contributed by atoms with Gasteiger partial charge in [0, 0.05) is 44.8 Å².